The lowest BCUT2D eigenvalue weighted by Gasteiger charge is -2.32. The van der Waals surface area contributed by atoms with Crippen LogP contribution in [0.5, 0.6) is 0 Å². The molecule has 2 atom stereocenters. The molecule has 0 bridgehead atoms. The van der Waals surface area contributed by atoms with Crippen molar-refractivity contribution < 1.29 is 4.42 Å². The molecule has 0 saturated heterocycles. The number of hydrogen-bond donors (Lipinski definition) is 1. The first kappa shape index (κ1) is 12.5. The molecule has 0 radical (unpaired) electrons. The Bertz CT molecular complexity index is 558. The van der Waals surface area contributed by atoms with Crippen molar-refractivity contribution in [2.75, 3.05) is 7.05 Å². The van der Waals surface area contributed by atoms with Gasteiger partial charge in [-0.05, 0) is 49.1 Å². The maximum Gasteiger partial charge on any atom is 0.121 e. The van der Waals surface area contributed by atoms with Gasteiger partial charge in [-0.15, -0.1) is 0 Å². The predicted octanol–water partition coefficient (Wildman–Crippen LogP) is 3.83. The molecular formula is C17H21NO. The van der Waals surface area contributed by atoms with Gasteiger partial charge < -0.3 is 9.73 Å². The van der Waals surface area contributed by atoms with Crippen molar-refractivity contribution in [1.82, 2.24) is 5.32 Å². The molecule has 1 N–H and O–H groups in total. The van der Waals surface area contributed by atoms with E-state index < -0.39 is 0 Å². The van der Waals surface area contributed by atoms with Gasteiger partial charge in [0.15, 0.2) is 0 Å². The van der Waals surface area contributed by atoms with Gasteiger partial charge in [-0.1, -0.05) is 31.2 Å². The summed E-state index contributed by atoms with van der Waals surface area (Å²) in [5.41, 5.74) is 3.03. The van der Waals surface area contributed by atoms with Gasteiger partial charge in [0.2, 0.25) is 0 Å². The zero-order valence-electron chi connectivity index (χ0n) is 11.6. The topological polar surface area (TPSA) is 25.2 Å². The highest BCUT2D eigenvalue weighted by atomic mass is 16.3. The van der Waals surface area contributed by atoms with E-state index in [4.69, 9.17) is 4.42 Å². The third-order valence-electron chi connectivity index (χ3n) is 4.20. The smallest absolute Gasteiger partial charge is 0.121 e. The van der Waals surface area contributed by atoms with Crippen LogP contribution in [0, 0.1) is 0 Å². The fraction of sp³-hybridized carbons (Fsp3) is 0.412. The van der Waals surface area contributed by atoms with Gasteiger partial charge in [-0.25, -0.2) is 0 Å². The van der Waals surface area contributed by atoms with Gasteiger partial charge in [-0.2, -0.15) is 0 Å². The number of hydrogen-bond acceptors (Lipinski definition) is 2. The van der Waals surface area contributed by atoms with Crippen molar-refractivity contribution in [2.45, 2.75) is 38.1 Å². The average Bonchev–Trinajstić information content (AvgIpc) is 2.89. The molecule has 1 aromatic heterocycles. The highest BCUT2D eigenvalue weighted by Gasteiger charge is 2.29. The summed E-state index contributed by atoms with van der Waals surface area (Å²) in [5, 5.41) is 3.39. The molecule has 2 heteroatoms. The van der Waals surface area contributed by atoms with Crippen LogP contribution in [0.4, 0.5) is 0 Å². The zero-order valence-corrected chi connectivity index (χ0v) is 11.6. The highest BCUT2D eigenvalue weighted by molar-refractivity contribution is 5.40. The molecule has 0 spiro atoms. The Balaban J connectivity index is 1.72. The molecule has 0 amide bonds. The van der Waals surface area contributed by atoms with Crippen molar-refractivity contribution in [1.29, 1.82) is 0 Å². The van der Waals surface area contributed by atoms with Crippen molar-refractivity contribution in [3.8, 4) is 0 Å². The summed E-state index contributed by atoms with van der Waals surface area (Å²) in [4.78, 5) is 0. The Labute approximate surface area is 114 Å². The summed E-state index contributed by atoms with van der Waals surface area (Å²) < 4.78 is 5.88. The Kier molecular flexibility index (Phi) is 3.43. The predicted molar refractivity (Wildman–Crippen MR) is 77.4 cm³/mol. The standard InChI is InChI=1S/C17H21NO/c1-3-14-8-9-17(19-14)16(18-2)11-13-10-12-6-4-5-7-15(12)13/h4-9,13,16,18H,3,10-11H2,1-2H3. The van der Waals surface area contributed by atoms with E-state index in [9.17, 15) is 0 Å². The van der Waals surface area contributed by atoms with E-state index >= 15 is 0 Å². The van der Waals surface area contributed by atoms with Crippen LogP contribution >= 0.6 is 0 Å². The number of rotatable bonds is 5. The Morgan fingerprint density at radius 1 is 1.26 bits per heavy atom. The number of nitrogens with one attached hydrogen (secondary N) is 1. The maximum absolute atomic E-state index is 5.88. The SMILES string of the molecule is CCc1ccc(C(CC2Cc3ccccc32)NC)o1. The lowest BCUT2D eigenvalue weighted by molar-refractivity contribution is 0.366. The molecule has 0 aliphatic heterocycles. The van der Waals surface area contributed by atoms with E-state index in [-0.39, 0.29) is 0 Å². The molecular weight excluding hydrogens is 234 g/mol. The van der Waals surface area contributed by atoms with E-state index in [2.05, 4.69) is 48.6 Å². The summed E-state index contributed by atoms with van der Waals surface area (Å²) in [6.45, 7) is 2.12. The summed E-state index contributed by atoms with van der Waals surface area (Å²) in [6.07, 6.45) is 3.28. The van der Waals surface area contributed by atoms with Crippen molar-refractivity contribution in [3.05, 3.63) is 59.0 Å². The average molecular weight is 255 g/mol. The van der Waals surface area contributed by atoms with E-state index in [1.165, 1.54) is 17.5 Å². The Hall–Kier alpha value is -1.54. The minimum Gasteiger partial charge on any atom is -0.464 e. The van der Waals surface area contributed by atoms with Crippen LogP contribution in [0.2, 0.25) is 0 Å². The molecule has 2 unspecified atom stereocenters. The molecule has 1 aliphatic rings. The molecule has 19 heavy (non-hydrogen) atoms. The fourth-order valence-electron chi connectivity index (χ4n) is 3.01. The lowest BCUT2D eigenvalue weighted by atomic mass is 9.74. The summed E-state index contributed by atoms with van der Waals surface area (Å²) in [7, 11) is 2.02. The van der Waals surface area contributed by atoms with Crippen molar-refractivity contribution in [2.24, 2.45) is 0 Å². The third kappa shape index (κ3) is 2.33. The Morgan fingerprint density at radius 3 is 2.79 bits per heavy atom. The van der Waals surface area contributed by atoms with Gasteiger partial charge >= 0.3 is 0 Å². The molecule has 1 aromatic carbocycles. The van der Waals surface area contributed by atoms with Crippen molar-refractivity contribution in [3.63, 3.8) is 0 Å². The first-order valence-electron chi connectivity index (χ1n) is 7.15. The van der Waals surface area contributed by atoms with Crippen LogP contribution in [0.3, 0.4) is 0 Å². The van der Waals surface area contributed by atoms with Gasteiger partial charge in [-0.3, -0.25) is 0 Å². The number of furan rings is 1. The summed E-state index contributed by atoms with van der Waals surface area (Å²) in [6, 6.07) is 13.3. The van der Waals surface area contributed by atoms with E-state index in [0.29, 0.717) is 12.0 Å². The van der Waals surface area contributed by atoms with E-state index in [1.807, 2.05) is 7.05 Å². The number of fused-ring (bicyclic) bond motifs is 1. The minimum absolute atomic E-state index is 0.318. The van der Waals surface area contributed by atoms with Crippen molar-refractivity contribution >= 4 is 0 Å². The van der Waals surface area contributed by atoms with Crippen LogP contribution < -0.4 is 5.32 Å². The first-order valence-corrected chi connectivity index (χ1v) is 7.15. The second-order valence-corrected chi connectivity index (χ2v) is 5.33. The number of aryl methyl sites for hydroxylation is 1. The largest absolute Gasteiger partial charge is 0.464 e. The molecule has 0 fully saturated rings. The normalized spacial score (nSPS) is 18.7. The maximum atomic E-state index is 5.88. The van der Waals surface area contributed by atoms with Crippen LogP contribution in [0.1, 0.15) is 48.0 Å². The first-order chi connectivity index (χ1) is 9.31. The van der Waals surface area contributed by atoms with Crippen LogP contribution in [0.15, 0.2) is 40.8 Å². The molecule has 3 rings (SSSR count). The molecule has 2 nitrogen and oxygen atoms in total. The zero-order chi connectivity index (χ0) is 13.2. The lowest BCUT2D eigenvalue weighted by Crippen LogP contribution is -2.24. The molecule has 100 valence electrons. The third-order valence-corrected chi connectivity index (χ3v) is 4.20. The summed E-state index contributed by atoms with van der Waals surface area (Å²) in [5.74, 6) is 2.82. The quantitative estimate of drug-likeness (QED) is 0.878. The van der Waals surface area contributed by atoms with Gasteiger partial charge in [0.05, 0.1) is 6.04 Å². The van der Waals surface area contributed by atoms with E-state index in [1.54, 1.807) is 0 Å². The summed E-state index contributed by atoms with van der Waals surface area (Å²) >= 11 is 0. The second kappa shape index (κ2) is 5.22. The number of benzene rings is 1. The van der Waals surface area contributed by atoms with Crippen LogP contribution in [-0.4, -0.2) is 7.05 Å². The Morgan fingerprint density at radius 2 is 2.11 bits per heavy atom. The molecule has 0 saturated carbocycles. The monoisotopic (exact) mass is 255 g/mol. The highest BCUT2D eigenvalue weighted by Crippen LogP contribution is 2.40. The van der Waals surface area contributed by atoms with Gasteiger partial charge in [0.25, 0.3) is 0 Å². The second-order valence-electron chi connectivity index (χ2n) is 5.33. The molecule has 2 aromatic rings. The van der Waals surface area contributed by atoms with Crippen LogP contribution in [0.25, 0.3) is 0 Å². The van der Waals surface area contributed by atoms with Gasteiger partial charge in [0.1, 0.15) is 11.5 Å². The molecule has 1 aliphatic carbocycles. The van der Waals surface area contributed by atoms with Crippen LogP contribution in [-0.2, 0) is 12.8 Å². The minimum atomic E-state index is 0.318. The molecule has 1 heterocycles. The van der Waals surface area contributed by atoms with Gasteiger partial charge in [0, 0.05) is 6.42 Å². The van der Waals surface area contributed by atoms with E-state index in [0.717, 1.165) is 24.4 Å². The fourth-order valence-corrected chi connectivity index (χ4v) is 3.01.